The molecule has 1 atom stereocenters. The van der Waals surface area contributed by atoms with E-state index >= 15 is 0 Å². The summed E-state index contributed by atoms with van der Waals surface area (Å²) in [5.41, 5.74) is 2.74. The molecule has 3 aromatic rings. The van der Waals surface area contributed by atoms with Gasteiger partial charge in [-0.15, -0.1) is 0 Å². The Morgan fingerprint density at radius 2 is 2.17 bits per heavy atom. The number of hydrogen-bond donors (Lipinski definition) is 2. The molecule has 3 heterocycles. The molecular weight excluding hydrogens is 400 g/mol. The molecule has 158 valence electrons. The largest absolute Gasteiger partial charge is 0.464 e. The summed E-state index contributed by atoms with van der Waals surface area (Å²) < 4.78 is 5.55. The van der Waals surface area contributed by atoms with Crippen LogP contribution in [0.25, 0.3) is 11.0 Å². The summed E-state index contributed by atoms with van der Waals surface area (Å²) in [5.74, 6) is 0.360. The summed E-state index contributed by atoms with van der Waals surface area (Å²) in [6.07, 6.45) is 5.34. The second-order valence-corrected chi connectivity index (χ2v) is 8.32. The normalized spacial score (nSPS) is 17.2. The molecule has 0 radical (unpaired) electrons. The fourth-order valence-corrected chi connectivity index (χ4v) is 4.06. The SMILES string of the molecule is Cc1ccc(Nc2nc(C(=O)NCCN3CCCC[C@H]3C)cc3occc23)cc1Cl. The number of likely N-dealkylation sites (tertiary alicyclic amines) is 1. The fourth-order valence-electron chi connectivity index (χ4n) is 3.88. The Labute approximate surface area is 181 Å². The zero-order chi connectivity index (χ0) is 21.1. The lowest BCUT2D eigenvalue weighted by atomic mass is 10.0. The second-order valence-electron chi connectivity index (χ2n) is 7.91. The van der Waals surface area contributed by atoms with E-state index in [1.54, 1.807) is 12.3 Å². The molecule has 6 nitrogen and oxygen atoms in total. The molecule has 0 aliphatic carbocycles. The molecule has 1 fully saturated rings. The van der Waals surface area contributed by atoms with E-state index in [-0.39, 0.29) is 5.91 Å². The maximum Gasteiger partial charge on any atom is 0.270 e. The molecule has 1 aromatic carbocycles. The maximum atomic E-state index is 12.8. The highest BCUT2D eigenvalue weighted by atomic mass is 35.5. The van der Waals surface area contributed by atoms with E-state index in [1.807, 2.05) is 31.2 Å². The number of benzene rings is 1. The summed E-state index contributed by atoms with van der Waals surface area (Å²) in [4.78, 5) is 19.7. The maximum absolute atomic E-state index is 12.8. The van der Waals surface area contributed by atoms with Crippen molar-refractivity contribution >= 4 is 40.0 Å². The average Bonchev–Trinajstić information content (AvgIpc) is 3.21. The molecule has 0 bridgehead atoms. The van der Waals surface area contributed by atoms with Gasteiger partial charge in [0.25, 0.3) is 5.91 Å². The van der Waals surface area contributed by atoms with Crippen molar-refractivity contribution in [3.63, 3.8) is 0 Å². The van der Waals surface area contributed by atoms with E-state index in [1.165, 1.54) is 19.3 Å². The number of furan rings is 1. The number of pyridine rings is 1. The standard InChI is InChI=1S/C23H27ClN4O2/c1-15-6-7-17(13-19(15)24)26-22-18-8-12-30-21(18)14-20(27-22)23(29)25-9-11-28-10-4-3-5-16(28)2/h6-8,12-14,16H,3-5,9-11H2,1-2H3,(H,25,29)(H,26,27)/t16-/m1/s1. The molecule has 1 amide bonds. The summed E-state index contributed by atoms with van der Waals surface area (Å²) in [5, 5.41) is 7.75. The van der Waals surface area contributed by atoms with Gasteiger partial charge in [-0.3, -0.25) is 9.69 Å². The smallest absolute Gasteiger partial charge is 0.270 e. The Morgan fingerprint density at radius 3 is 2.97 bits per heavy atom. The van der Waals surface area contributed by atoms with Gasteiger partial charge in [0.15, 0.2) is 0 Å². The Bertz CT molecular complexity index is 1050. The van der Waals surface area contributed by atoms with Crippen LogP contribution >= 0.6 is 11.6 Å². The fraction of sp³-hybridized carbons (Fsp3) is 0.391. The highest BCUT2D eigenvalue weighted by Gasteiger charge is 2.19. The molecule has 2 N–H and O–H groups in total. The lowest BCUT2D eigenvalue weighted by molar-refractivity contribution is 0.0933. The quantitative estimate of drug-likeness (QED) is 0.571. The molecule has 0 spiro atoms. The van der Waals surface area contributed by atoms with Crippen LogP contribution in [0.5, 0.6) is 0 Å². The first-order valence-corrected chi connectivity index (χ1v) is 10.8. The Balaban J connectivity index is 1.48. The molecule has 0 unspecified atom stereocenters. The lowest BCUT2D eigenvalue weighted by Crippen LogP contribution is -2.42. The third-order valence-corrected chi connectivity index (χ3v) is 6.15. The number of carbonyl (C=O) groups excluding carboxylic acids is 1. The van der Waals surface area contributed by atoms with E-state index in [4.69, 9.17) is 16.0 Å². The van der Waals surface area contributed by atoms with Gasteiger partial charge < -0.3 is 15.1 Å². The van der Waals surface area contributed by atoms with Crippen LogP contribution in [0, 0.1) is 6.92 Å². The van der Waals surface area contributed by atoms with Crippen LogP contribution in [0.2, 0.25) is 5.02 Å². The molecule has 0 saturated carbocycles. The number of anilines is 2. The van der Waals surface area contributed by atoms with E-state index < -0.39 is 0 Å². The molecule has 1 aliphatic heterocycles. The molecule has 1 aliphatic rings. The average molecular weight is 427 g/mol. The van der Waals surface area contributed by atoms with Gasteiger partial charge in [-0.05, 0) is 57.0 Å². The number of halogens is 1. The van der Waals surface area contributed by atoms with Crippen LogP contribution in [0.4, 0.5) is 11.5 Å². The first kappa shape index (κ1) is 20.7. The van der Waals surface area contributed by atoms with Crippen LogP contribution in [-0.4, -0.2) is 41.5 Å². The van der Waals surface area contributed by atoms with E-state index in [0.717, 1.165) is 29.7 Å². The molecule has 2 aromatic heterocycles. The van der Waals surface area contributed by atoms with Gasteiger partial charge in [-0.25, -0.2) is 4.98 Å². The lowest BCUT2D eigenvalue weighted by Gasteiger charge is -2.33. The van der Waals surface area contributed by atoms with Gasteiger partial charge in [0.2, 0.25) is 0 Å². The second kappa shape index (κ2) is 9.06. The van der Waals surface area contributed by atoms with Gasteiger partial charge in [-0.2, -0.15) is 0 Å². The number of amides is 1. The number of aromatic nitrogens is 1. The van der Waals surface area contributed by atoms with Crippen molar-refractivity contribution in [2.45, 2.75) is 39.2 Å². The van der Waals surface area contributed by atoms with Crippen LogP contribution in [0.15, 0.2) is 41.0 Å². The summed E-state index contributed by atoms with van der Waals surface area (Å²) in [6.45, 7) is 6.75. The zero-order valence-corrected chi connectivity index (χ0v) is 18.1. The number of fused-ring (bicyclic) bond motifs is 1. The predicted molar refractivity (Wildman–Crippen MR) is 121 cm³/mol. The van der Waals surface area contributed by atoms with Gasteiger partial charge in [0, 0.05) is 35.9 Å². The van der Waals surface area contributed by atoms with Crippen molar-refractivity contribution in [1.82, 2.24) is 15.2 Å². The number of aryl methyl sites for hydroxylation is 1. The first-order chi connectivity index (χ1) is 14.5. The van der Waals surface area contributed by atoms with Gasteiger partial charge in [-0.1, -0.05) is 24.1 Å². The first-order valence-electron chi connectivity index (χ1n) is 10.4. The molecule has 1 saturated heterocycles. The highest BCUT2D eigenvalue weighted by Crippen LogP contribution is 2.28. The number of nitrogens with zero attached hydrogens (tertiary/aromatic N) is 2. The van der Waals surface area contributed by atoms with Crippen LogP contribution in [0.3, 0.4) is 0 Å². The number of nitrogens with one attached hydrogen (secondary N) is 2. The monoisotopic (exact) mass is 426 g/mol. The predicted octanol–water partition coefficient (Wildman–Crippen LogP) is 5.14. The number of rotatable bonds is 6. The molecule has 7 heteroatoms. The Hall–Kier alpha value is -2.57. The topological polar surface area (TPSA) is 70.4 Å². The van der Waals surface area contributed by atoms with Crippen molar-refractivity contribution in [3.05, 3.63) is 52.9 Å². The summed E-state index contributed by atoms with van der Waals surface area (Å²) in [7, 11) is 0. The van der Waals surface area contributed by atoms with Crippen LogP contribution in [0.1, 0.15) is 42.2 Å². The third kappa shape index (κ3) is 4.60. The van der Waals surface area contributed by atoms with Crippen molar-refractivity contribution in [1.29, 1.82) is 0 Å². The van der Waals surface area contributed by atoms with Gasteiger partial charge in [0.1, 0.15) is 17.1 Å². The minimum Gasteiger partial charge on any atom is -0.464 e. The van der Waals surface area contributed by atoms with E-state index in [9.17, 15) is 4.79 Å². The van der Waals surface area contributed by atoms with Gasteiger partial charge in [0.05, 0.1) is 11.6 Å². The zero-order valence-electron chi connectivity index (χ0n) is 17.4. The minimum atomic E-state index is -0.206. The van der Waals surface area contributed by atoms with Crippen molar-refractivity contribution in [2.75, 3.05) is 25.0 Å². The Kier molecular flexibility index (Phi) is 6.25. The molecular formula is C23H27ClN4O2. The van der Waals surface area contributed by atoms with E-state index in [2.05, 4.69) is 27.4 Å². The Morgan fingerprint density at radius 1 is 1.30 bits per heavy atom. The van der Waals surface area contributed by atoms with Crippen LogP contribution in [-0.2, 0) is 0 Å². The third-order valence-electron chi connectivity index (χ3n) is 5.74. The van der Waals surface area contributed by atoms with Crippen LogP contribution < -0.4 is 10.6 Å². The number of hydrogen-bond acceptors (Lipinski definition) is 5. The van der Waals surface area contributed by atoms with Crippen molar-refractivity contribution < 1.29 is 9.21 Å². The molecule has 4 rings (SSSR count). The highest BCUT2D eigenvalue weighted by molar-refractivity contribution is 6.31. The van der Waals surface area contributed by atoms with Crippen molar-refractivity contribution in [2.24, 2.45) is 0 Å². The number of piperidine rings is 1. The van der Waals surface area contributed by atoms with Crippen molar-refractivity contribution in [3.8, 4) is 0 Å². The molecule has 30 heavy (non-hydrogen) atoms. The summed E-state index contributed by atoms with van der Waals surface area (Å²) >= 11 is 6.24. The summed E-state index contributed by atoms with van der Waals surface area (Å²) in [6, 6.07) is 9.81. The van der Waals surface area contributed by atoms with E-state index in [0.29, 0.717) is 34.7 Å². The minimum absolute atomic E-state index is 0.206. The van der Waals surface area contributed by atoms with Gasteiger partial charge >= 0.3 is 0 Å². The number of carbonyl (C=O) groups is 1.